The predicted octanol–water partition coefficient (Wildman–Crippen LogP) is 9.51. The Kier molecular flexibility index (Phi) is 6.32. The third-order valence-corrected chi connectivity index (χ3v) is 15.1. The Labute approximate surface area is 283 Å². The Morgan fingerprint density at radius 3 is 2.09 bits per heavy atom. The van der Waals surface area contributed by atoms with Crippen LogP contribution in [0.5, 0.6) is 0 Å². The maximum atomic E-state index is 13.6. The highest BCUT2D eigenvalue weighted by Gasteiger charge is 2.56. The maximum absolute atomic E-state index is 13.6. The highest BCUT2D eigenvalue weighted by molar-refractivity contribution is 7.25. The van der Waals surface area contributed by atoms with Gasteiger partial charge in [0.15, 0.2) is 11.6 Å². The molecule has 4 fully saturated rings. The lowest BCUT2D eigenvalue weighted by Gasteiger charge is -2.41. The molecule has 7 heteroatoms. The number of fused-ring (bicyclic) bond motifs is 10. The number of hydrogen-bond acceptors (Lipinski definition) is 7. The van der Waals surface area contributed by atoms with Crippen LogP contribution in [-0.4, -0.2) is 28.8 Å². The van der Waals surface area contributed by atoms with E-state index in [4.69, 9.17) is 9.98 Å². The minimum Gasteiger partial charge on any atom is -0.292 e. The summed E-state index contributed by atoms with van der Waals surface area (Å²) in [5, 5.41) is 0.949. The van der Waals surface area contributed by atoms with Gasteiger partial charge < -0.3 is 0 Å². The van der Waals surface area contributed by atoms with Crippen LogP contribution in [0.15, 0.2) is 46.0 Å². The lowest BCUT2D eigenvalue weighted by Crippen LogP contribution is -2.35. The molecule has 2 aromatic heterocycles. The maximum Gasteiger partial charge on any atom is 0.207 e. The van der Waals surface area contributed by atoms with E-state index in [1.165, 1.54) is 57.0 Å². The zero-order chi connectivity index (χ0) is 31.5. The number of Topliss-reactive ketones (excluding diaryl/α,β-unsaturated/α-hetero) is 3. The summed E-state index contributed by atoms with van der Waals surface area (Å²) in [5.74, 6) is -0.211. The number of thiophene rings is 2. The van der Waals surface area contributed by atoms with Crippen LogP contribution in [-0.2, 0) is 26.8 Å². The van der Waals surface area contributed by atoms with Gasteiger partial charge in [-0.3, -0.25) is 14.4 Å². The molecule has 0 saturated heterocycles. The monoisotopic (exact) mass is 658 g/mol. The van der Waals surface area contributed by atoms with Crippen molar-refractivity contribution in [3.05, 3.63) is 68.7 Å². The number of carbonyl (C=O) groups is 3. The average Bonchev–Trinajstić information content (AvgIpc) is 3.91. The van der Waals surface area contributed by atoms with Gasteiger partial charge in [0.1, 0.15) is 10.7 Å². The SMILES string of the molecule is O=C1C(=Nc2cc3c(s2)-c2sc4c(c2C32CCCCC2)C2(CCCCC2)C(N=C2C(=O)C3CCCCC3C2=O)=C4)Cc2ccccc21. The number of ketones is 3. The summed E-state index contributed by atoms with van der Waals surface area (Å²) in [6.45, 7) is 0. The lowest BCUT2D eigenvalue weighted by atomic mass is 9.62. The van der Waals surface area contributed by atoms with Crippen molar-refractivity contribution in [3.8, 4) is 9.75 Å². The Hall–Kier alpha value is -3.29. The fraction of sp³-hybridized carbons (Fsp3) is 0.475. The second-order valence-electron chi connectivity index (χ2n) is 15.1. The molecule has 4 saturated carbocycles. The number of benzene rings is 1. The van der Waals surface area contributed by atoms with Crippen molar-refractivity contribution in [2.75, 3.05) is 0 Å². The summed E-state index contributed by atoms with van der Waals surface area (Å²) in [5.41, 5.74) is 7.94. The van der Waals surface area contributed by atoms with Gasteiger partial charge in [0.05, 0.1) is 16.3 Å². The summed E-state index contributed by atoms with van der Waals surface area (Å²) in [4.78, 5) is 54.6. The molecule has 47 heavy (non-hydrogen) atoms. The van der Waals surface area contributed by atoms with Crippen molar-refractivity contribution in [1.82, 2.24) is 0 Å². The summed E-state index contributed by atoms with van der Waals surface area (Å²) in [6, 6.07) is 10.2. The summed E-state index contributed by atoms with van der Waals surface area (Å²) < 4.78 is 0. The van der Waals surface area contributed by atoms with Crippen LogP contribution < -0.4 is 0 Å². The van der Waals surface area contributed by atoms with Crippen molar-refractivity contribution in [2.45, 2.75) is 107 Å². The number of rotatable bonds is 2. The third kappa shape index (κ3) is 3.90. The Balaban J connectivity index is 1.10. The fourth-order valence-electron chi connectivity index (χ4n) is 10.6. The van der Waals surface area contributed by atoms with Crippen LogP contribution in [0.25, 0.3) is 15.8 Å². The van der Waals surface area contributed by atoms with Crippen molar-refractivity contribution in [1.29, 1.82) is 0 Å². The zero-order valence-electron chi connectivity index (χ0n) is 26.7. The molecule has 2 atom stereocenters. The molecule has 1 aromatic carbocycles. The van der Waals surface area contributed by atoms with Gasteiger partial charge in [-0.25, -0.2) is 9.98 Å². The van der Waals surface area contributed by atoms with E-state index in [1.54, 1.807) is 11.3 Å². The molecule has 5 nitrogen and oxygen atoms in total. The van der Waals surface area contributed by atoms with Gasteiger partial charge in [-0.05, 0) is 72.9 Å². The first-order chi connectivity index (χ1) is 23.0. The number of aliphatic imine (C=N–C) groups is 2. The van der Waals surface area contributed by atoms with Gasteiger partial charge in [-0.2, -0.15) is 0 Å². The third-order valence-electron chi connectivity index (χ3n) is 12.8. The van der Waals surface area contributed by atoms with Gasteiger partial charge in [0, 0.05) is 44.4 Å². The normalized spacial score (nSPS) is 27.3. The van der Waals surface area contributed by atoms with Gasteiger partial charge in [-0.15, -0.1) is 22.7 Å². The number of hydrogen-bond donors (Lipinski definition) is 0. The zero-order valence-corrected chi connectivity index (χ0v) is 28.3. The van der Waals surface area contributed by atoms with Gasteiger partial charge >= 0.3 is 0 Å². The standard InChI is InChI=1S/C40H38N2O3S2/c43-34-23-12-4-3-11-22(23)19-27(34)41-30-20-26-37(47-30)38-32(39(26)15-7-1-8-16-39)31-28(46-38)21-29(40(31)17-9-2-10-18-40)42-33-35(44)24-13-5-6-14-25(24)36(33)45/h3-4,11-12,20-21,24-25H,1-2,5-10,13-19H2. The van der Waals surface area contributed by atoms with E-state index in [2.05, 4.69) is 12.1 Å². The molecule has 0 bridgehead atoms. The molecule has 2 spiro atoms. The number of allylic oxidation sites excluding steroid dienone is 1. The molecular formula is C40H38N2O3S2. The molecule has 7 aliphatic rings. The van der Waals surface area contributed by atoms with Gasteiger partial charge in [-0.1, -0.05) is 75.6 Å². The van der Waals surface area contributed by atoms with Crippen LogP contribution in [0.3, 0.4) is 0 Å². The minimum atomic E-state index is -0.220. The van der Waals surface area contributed by atoms with E-state index in [1.807, 2.05) is 35.6 Å². The van der Waals surface area contributed by atoms with Crippen LogP contribution in [0.2, 0.25) is 0 Å². The summed E-state index contributed by atoms with van der Waals surface area (Å²) >= 11 is 3.66. The number of nitrogens with zero attached hydrogens (tertiary/aromatic N) is 2. The molecule has 0 amide bonds. The molecule has 0 N–H and O–H groups in total. The highest BCUT2D eigenvalue weighted by Crippen LogP contribution is 2.68. The quantitative estimate of drug-likeness (QED) is 0.275. The molecule has 2 unspecified atom stereocenters. The summed E-state index contributed by atoms with van der Waals surface area (Å²) in [6.07, 6.45) is 18.1. The average molecular weight is 659 g/mol. The molecular weight excluding hydrogens is 621 g/mol. The molecule has 7 aliphatic carbocycles. The topological polar surface area (TPSA) is 75.9 Å². The van der Waals surface area contributed by atoms with Crippen molar-refractivity contribution in [3.63, 3.8) is 0 Å². The van der Waals surface area contributed by atoms with Crippen molar-refractivity contribution < 1.29 is 14.4 Å². The molecule has 10 rings (SSSR count). The lowest BCUT2D eigenvalue weighted by molar-refractivity contribution is -0.120. The molecule has 0 aliphatic heterocycles. The van der Waals surface area contributed by atoms with Crippen molar-refractivity contribution >= 4 is 62.5 Å². The van der Waals surface area contributed by atoms with Crippen LogP contribution >= 0.6 is 22.7 Å². The summed E-state index contributed by atoms with van der Waals surface area (Å²) in [7, 11) is 0. The number of carbonyl (C=O) groups excluding carboxylic acids is 3. The Morgan fingerprint density at radius 2 is 1.38 bits per heavy atom. The van der Waals surface area contributed by atoms with E-state index < -0.39 is 0 Å². The first kappa shape index (κ1) is 28.7. The fourth-order valence-corrected chi connectivity index (χ4v) is 13.3. The Bertz CT molecular complexity index is 1980. The van der Waals surface area contributed by atoms with Crippen LogP contribution in [0.1, 0.15) is 127 Å². The molecule has 238 valence electrons. The predicted molar refractivity (Wildman–Crippen MR) is 189 cm³/mol. The van der Waals surface area contributed by atoms with Gasteiger partial charge in [0.2, 0.25) is 5.78 Å². The van der Waals surface area contributed by atoms with Crippen LogP contribution in [0, 0.1) is 11.8 Å². The van der Waals surface area contributed by atoms with E-state index >= 15 is 0 Å². The highest BCUT2D eigenvalue weighted by atomic mass is 32.1. The molecule has 0 radical (unpaired) electrons. The Morgan fingerprint density at radius 1 is 0.702 bits per heavy atom. The van der Waals surface area contributed by atoms with E-state index in [-0.39, 0.29) is 45.7 Å². The van der Waals surface area contributed by atoms with Gasteiger partial charge in [0.25, 0.3) is 0 Å². The smallest absolute Gasteiger partial charge is 0.207 e. The largest absolute Gasteiger partial charge is 0.292 e. The van der Waals surface area contributed by atoms with E-state index in [9.17, 15) is 14.4 Å². The van der Waals surface area contributed by atoms with Crippen molar-refractivity contribution in [2.24, 2.45) is 21.8 Å². The van der Waals surface area contributed by atoms with E-state index in [0.717, 1.165) is 86.0 Å². The van der Waals surface area contributed by atoms with E-state index in [0.29, 0.717) is 12.1 Å². The second kappa shape index (κ2) is 10.4. The second-order valence-corrected chi connectivity index (χ2v) is 17.2. The molecule has 2 heterocycles. The van der Waals surface area contributed by atoms with Crippen LogP contribution in [0.4, 0.5) is 5.00 Å². The molecule has 3 aromatic rings. The first-order valence-corrected chi connectivity index (χ1v) is 19.5. The first-order valence-electron chi connectivity index (χ1n) is 17.9. The minimum absolute atomic E-state index is 0.0102.